The SMILES string of the molecule is CCn1c(CNc2cc(Cl)ccc2Cl)nnc1SCC(=O)Nc1ccccc1[N+](=O)[O-]. The first-order chi connectivity index (χ1) is 14.9. The van der Waals surface area contributed by atoms with E-state index in [2.05, 4.69) is 20.8 Å². The third kappa shape index (κ3) is 5.87. The van der Waals surface area contributed by atoms with E-state index in [0.717, 1.165) is 0 Å². The van der Waals surface area contributed by atoms with Crippen LogP contribution in [0.4, 0.5) is 17.1 Å². The van der Waals surface area contributed by atoms with E-state index in [-0.39, 0.29) is 23.0 Å². The van der Waals surface area contributed by atoms with Crippen LogP contribution < -0.4 is 10.6 Å². The van der Waals surface area contributed by atoms with Gasteiger partial charge in [-0.3, -0.25) is 14.9 Å². The van der Waals surface area contributed by atoms with Crippen LogP contribution in [0.2, 0.25) is 10.0 Å². The van der Waals surface area contributed by atoms with Gasteiger partial charge in [-0.05, 0) is 31.2 Å². The molecule has 0 unspecified atom stereocenters. The number of nitrogens with one attached hydrogen (secondary N) is 2. The monoisotopic (exact) mass is 480 g/mol. The molecular weight excluding hydrogens is 463 g/mol. The fourth-order valence-electron chi connectivity index (χ4n) is 2.74. The number of para-hydroxylation sites is 2. The summed E-state index contributed by atoms with van der Waals surface area (Å²) in [6, 6.07) is 11.1. The van der Waals surface area contributed by atoms with E-state index in [1.807, 2.05) is 11.5 Å². The number of nitro benzene ring substituents is 1. The summed E-state index contributed by atoms with van der Waals surface area (Å²) in [5.74, 6) is 0.313. The second-order valence-corrected chi connectivity index (χ2v) is 8.02. The maximum absolute atomic E-state index is 12.3. The van der Waals surface area contributed by atoms with Crippen molar-refractivity contribution in [1.29, 1.82) is 0 Å². The largest absolute Gasteiger partial charge is 0.376 e. The van der Waals surface area contributed by atoms with Crippen molar-refractivity contribution in [2.45, 2.75) is 25.2 Å². The Morgan fingerprint density at radius 1 is 1.19 bits per heavy atom. The number of halogens is 2. The van der Waals surface area contributed by atoms with Gasteiger partial charge < -0.3 is 15.2 Å². The van der Waals surface area contributed by atoms with Crippen LogP contribution in [-0.2, 0) is 17.9 Å². The van der Waals surface area contributed by atoms with Gasteiger partial charge in [0.15, 0.2) is 11.0 Å². The standard InChI is InChI=1S/C19H18Cl2N6O3S/c1-2-26-17(10-22-15-9-12(20)7-8-13(15)21)24-25-19(26)31-11-18(28)23-14-5-3-4-6-16(14)27(29)30/h3-9,22H,2,10-11H2,1H3,(H,23,28). The van der Waals surface area contributed by atoms with Crippen LogP contribution in [0.5, 0.6) is 0 Å². The van der Waals surface area contributed by atoms with Crippen molar-refractivity contribution in [1.82, 2.24) is 14.8 Å². The van der Waals surface area contributed by atoms with E-state index in [0.29, 0.717) is 39.8 Å². The number of aromatic nitrogens is 3. The summed E-state index contributed by atoms with van der Waals surface area (Å²) in [5, 5.41) is 26.8. The van der Waals surface area contributed by atoms with E-state index in [1.54, 1.807) is 30.3 Å². The predicted octanol–water partition coefficient (Wildman–Crippen LogP) is 4.86. The van der Waals surface area contributed by atoms with Crippen LogP contribution in [0, 0.1) is 10.1 Å². The number of benzene rings is 2. The summed E-state index contributed by atoms with van der Waals surface area (Å²) in [5.41, 5.74) is 0.668. The van der Waals surface area contributed by atoms with Crippen LogP contribution in [0.1, 0.15) is 12.7 Å². The number of hydrogen-bond acceptors (Lipinski definition) is 7. The molecular formula is C19H18Cl2N6O3S. The zero-order valence-electron chi connectivity index (χ0n) is 16.3. The number of nitro groups is 1. The highest BCUT2D eigenvalue weighted by Gasteiger charge is 2.17. The second kappa shape index (κ2) is 10.5. The van der Waals surface area contributed by atoms with Crippen LogP contribution in [0.25, 0.3) is 0 Å². The Hall–Kier alpha value is -2.82. The van der Waals surface area contributed by atoms with Gasteiger partial charge in [-0.1, -0.05) is 47.1 Å². The van der Waals surface area contributed by atoms with Crippen LogP contribution >= 0.6 is 35.0 Å². The predicted molar refractivity (Wildman–Crippen MR) is 122 cm³/mol. The molecule has 12 heteroatoms. The molecule has 0 fully saturated rings. The van der Waals surface area contributed by atoms with Crippen molar-refractivity contribution in [3.05, 3.63) is 68.4 Å². The molecule has 31 heavy (non-hydrogen) atoms. The van der Waals surface area contributed by atoms with E-state index >= 15 is 0 Å². The number of nitrogens with zero attached hydrogens (tertiary/aromatic N) is 4. The fraction of sp³-hybridized carbons (Fsp3) is 0.211. The Bertz CT molecular complexity index is 1110. The van der Waals surface area contributed by atoms with Crippen molar-refractivity contribution >= 4 is 57.9 Å². The first-order valence-electron chi connectivity index (χ1n) is 9.16. The fourth-order valence-corrected chi connectivity index (χ4v) is 3.91. The number of rotatable bonds is 9. The Morgan fingerprint density at radius 2 is 1.97 bits per heavy atom. The highest BCUT2D eigenvalue weighted by molar-refractivity contribution is 7.99. The maximum Gasteiger partial charge on any atom is 0.292 e. The first kappa shape index (κ1) is 22.9. The molecule has 2 N–H and O–H groups in total. The molecule has 2 aromatic carbocycles. The summed E-state index contributed by atoms with van der Waals surface area (Å²) < 4.78 is 1.87. The molecule has 3 rings (SSSR count). The Morgan fingerprint density at radius 3 is 2.71 bits per heavy atom. The van der Waals surface area contributed by atoms with Gasteiger partial charge in [-0.25, -0.2) is 0 Å². The third-order valence-corrected chi connectivity index (χ3v) is 5.71. The van der Waals surface area contributed by atoms with Crippen LogP contribution in [-0.4, -0.2) is 31.3 Å². The Kier molecular flexibility index (Phi) is 7.72. The van der Waals surface area contributed by atoms with E-state index in [1.165, 1.54) is 23.9 Å². The van der Waals surface area contributed by atoms with Crippen molar-refractivity contribution in [2.24, 2.45) is 0 Å². The lowest BCUT2D eigenvalue weighted by Crippen LogP contribution is -2.16. The molecule has 0 bridgehead atoms. The number of carbonyl (C=O) groups is 1. The molecule has 0 spiro atoms. The first-order valence-corrected chi connectivity index (χ1v) is 10.9. The zero-order valence-corrected chi connectivity index (χ0v) is 18.7. The zero-order chi connectivity index (χ0) is 22.4. The summed E-state index contributed by atoms with van der Waals surface area (Å²) in [6.45, 7) is 2.90. The minimum Gasteiger partial charge on any atom is -0.376 e. The maximum atomic E-state index is 12.3. The molecule has 0 atom stereocenters. The molecule has 3 aromatic rings. The average Bonchev–Trinajstić information content (AvgIpc) is 3.15. The topological polar surface area (TPSA) is 115 Å². The van der Waals surface area contributed by atoms with Gasteiger partial charge in [0.05, 0.1) is 27.9 Å². The van der Waals surface area contributed by atoms with Gasteiger partial charge in [0, 0.05) is 17.6 Å². The third-order valence-electron chi connectivity index (χ3n) is 4.18. The molecule has 1 aromatic heterocycles. The summed E-state index contributed by atoms with van der Waals surface area (Å²) in [7, 11) is 0. The molecule has 1 amide bonds. The lowest BCUT2D eigenvalue weighted by Gasteiger charge is -2.10. The van der Waals surface area contributed by atoms with Gasteiger partial charge in [-0.2, -0.15) is 0 Å². The molecule has 0 saturated heterocycles. The molecule has 0 radical (unpaired) electrons. The molecule has 162 valence electrons. The van der Waals surface area contributed by atoms with Gasteiger partial charge in [0.2, 0.25) is 5.91 Å². The van der Waals surface area contributed by atoms with Crippen LogP contribution in [0.15, 0.2) is 47.6 Å². The van der Waals surface area contributed by atoms with Gasteiger partial charge in [0.25, 0.3) is 5.69 Å². The highest BCUT2D eigenvalue weighted by Crippen LogP contribution is 2.27. The lowest BCUT2D eigenvalue weighted by atomic mass is 10.2. The van der Waals surface area contributed by atoms with Crippen molar-refractivity contribution in [3.63, 3.8) is 0 Å². The van der Waals surface area contributed by atoms with Gasteiger partial charge >= 0.3 is 0 Å². The smallest absolute Gasteiger partial charge is 0.292 e. The van der Waals surface area contributed by atoms with Gasteiger partial charge in [-0.15, -0.1) is 10.2 Å². The van der Waals surface area contributed by atoms with Crippen molar-refractivity contribution < 1.29 is 9.72 Å². The quantitative estimate of drug-likeness (QED) is 0.255. The lowest BCUT2D eigenvalue weighted by molar-refractivity contribution is -0.383. The summed E-state index contributed by atoms with van der Waals surface area (Å²) >= 11 is 13.4. The number of amides is 1. The minimum absolute atomic E-state index is 0.0255. The second-order valence-electron chi connectivity index (χ2n) is 6.23. The number of anilines is 2. The van der Waals surface area contributed by atoms with E-state index < -0.39 is 4.92 Å². The molecule has 0 aliphatic carbocycles. The highest BCUT2D eigenvalue weighted by atomic mass is 35.5. The van der Waals surface area contributed by atoms with E-state index in [4.69, 9.17) is 23.2 Å². The van der Waals surface area contributed by atoms with Gasteiger partial charge in [0.1, 0.15) is 5.69 Å². The van der Waals surface area contributed by atoms with Crippen molar-refractivity contribution in [2.75, 3.05) is 16.4 Å². The molecule has 1 heterocycles. The number of thioether (sulfide) groups is 1. The normalized spacial score (nSPS) is 10.7. The molecule has 0 aliphatic rings. The molecule has 0 saturated carbocycles. The van der Waals surface area contributed by atoms with E-state index in [9.17, 15) is 14.9 Å². The Balaban J connectivity index is 1.62. The average molecular weight is 481 g/mol. The Labute approximate surface area is 192 Å². The minimum atomic E-state index is -0.540. The molecule has 9 nitrogen and oxygen atoms in total. The number of carbonyl (C=O) groups excluding carboxylic acids is 1. The number of hydrogen-bond donors (Lipinski definition) is 2. The molecule has 0 aliphatic heterocycles. The summed E-state index contributed by atoms with van der Waals surface area (Å²) in [4.78, 5) is 22.8. The summed E-state index contributed by atoms with van der Waals surface area (Å²) in [6.07, 6.45) is 0. The van der Waals surface area contributed by atoms with Crippen LogP contribution in [0.3, 0.4) is 0 Å². The van der Waals surface area contributed by atoms with Crippen molar-refractivity contribution in [3.8, 4) is 0 Å².